The molecule has 0 amide bonds. The second-order valence-electron chi connectivity index (χ2n) is 2.34. The zero-order chi connectivity index (χ0) is 5.82. The first-order valence-electron chi connectivity index (χ1n) is 3.30. The molecule has 1 rings (SSSR count). The van der Waals surface area contributed by atoms with Crippen molar-refractivity contribution in [3.8, 4) is 0 Å². The Labute approximate surface area is 77.0 Å². The van der Waals surface area contributed by atoms with E-state index in [1.807, 2.05) is 0 Å². The topological polar surface area (TPSA) is 9.23 Å². The van der Waals surface area contributed by atoms with Gasteiger partial charge in [0.1, 0.15) is 0 Å². The van der Waals surface area contributed by atoms with Crippen molar-refractivity contribution in [2.45, 2.75) is 17.9 Å². The van der Waals surface area contributed by atoms with Crippen LogP contribution >= 0.6 is 17.0 Å². The van der Waals surface area contributed by atoms with Crippen molar-refractivity contribution in [2.75, 3.05) is 13.2 Å². The number of ether oxygens (including phenoxy) is 1. The summed E-state index contributed by atoms with van der Waals surface area (Å²) in [5, 5.41) is 1.46. The fourth-order valence-electron chi connectivity index (χ4n) is 1.04. The minimum absolute atomic E-state index is 0. The van der Waals surface area contributed by atoms with Gasteiger partial charge < -0.3 is 0 Å². The van der Waals surface area contributed by atoms with E-state index in [-0.39, 0.29) is 17.0 Å². The van der Waals surface area contributed by atoms with Crippen LogP contribution < -0.4 is 0 Å². The quantitative estimate of drug-likeness (QED) is 0.642. The number of hydrogen-bond acceptors (Lipinski definition) is 1. The van der Waals surface area contributed by atoms with Gasteiger partial charge in [-0.2, -0.15) is 0 Å². The van der Waals surface area contributed by atoms with Crippen LogP contribution in [-0.2, 0) is 23.0 Å². The SMILES string of the molecule is Br.[Zn][CH2]C1CCOCC1. The molecule has 1 heterocycles. The molecule has 1 nitrogen and oxygen atoms in total. The van der Waals surface area contributed by atoms with Crippen LogP contribution in [0.15, 0.2) is 0 Å². The van der Waals surface area contributed by atoms with E-state index in [4.69, 9.17) is 4.74 Å². The maximum absolute atomic E-state index is 5.22. The van der Waals surface area contributed by atoms with Gasteiger partial charge in [0.05, 0.1) is 0 Å². The van der Waals surface area contributed by atoms with Crippen LogP contribution in [0.1, 0.15) is 12.8 Å². The van der Waals surface area contributed by atoms with Crippen molar-refractivity contribution in [1.82, 2.24) is 0 Å². The summed E-state index contributed by atoms with van der Waals surface area (Å²) in [6.45, 7) is 2.04. The first-order chi connectivity index (χ1) is 3.93. The third-order valence-electron chi connectivity index (χ3n) is 1.75. The van der Waals surface area contributed by atoms with Crippen LogP contribution in [0.3, 0.4) is 0 Å². The molecular weight excluding hydrogens is 233 g/mol. The molecule has 51 valence electrons. The summed E-state index contributed by atoms with van der Waals surface area (Å²) in [7, 11) is 0. The van der Waals surface area contributed by atoms with E-state index in [9.17, 15) is 0 Å². The second kappa shape index (κ2) is 5.82. The van der Waals surface area contributed by atoms with Gasteiger partial charge in [-0.05, 0) is 0 Å². The molecule has 0 atom stereocenters. The molecule has 0 aromatic heterocycles. The average Bonchev–Trinajstić information content (AvgIpc) is 1.90. The number of halogens is 1. The zero-order valence-corrected chi connectivity index (χ0v) is 10.3. The fraction of sp³-hybridized carbons (Fsp3) is 1.00. The summed E-state index contributed by atoms with van der Waals surface area (Å²) in [5.41, 5.74) is 0. The molecule has 3 heteroatoms. The Morgan fingerprint density at radius 1 is 1.33 bits per heavy atom. The van der Waals surface area contributed by atoms with Gasteiger partial charge in [-0.15, -0.1) is 17.0 Å². The van der Waals surface area contributed by atoms with Crippen molar-refractivity contribution in [2.24, 2.45) is 5.92 Å². The van der Waals surface area contributed by atoms with Gasteiger partial charge in [0.25, 0.3) is 0 Å². The molecule has 1 aliphatic rings. The summed E-state index contributed by atoms with van der Waals surface area (Å²) in [6, 6.07) is 0. The average molecular weight is 245 g/mol. The Hall–Kier alpha value is 1.06. The van der Waals surface area contributed by atoms with Gasteiger partial charge in [0, 0.05) is 0 Å². The summed E-state index contributed by atoms with van der Waals surface area (Å²) in [5.74, 6) is 1.02. The molecule has 0 saturated carbocycles. The van der Waals surface area contributed by atoms with Crippen LogP contribution in [0.25, 0.3) is 0 Å². The van der Waals surface area contributed by atoms with Gasteiger partial charge in [-0.25, -0.2) is 0 Å². The van der Waals surface area contributed by atoms with E-state index >= 15 is 0 Å². The molecule has 0 aromatic rings. The predicted molar refractivity (Wildman–Crippen MR) is 38.7 cm³/mol. The summed E-state index contributed by atoms with van der Waals surface area (Å²) >= 11 is 1.46. The van der Waals surface area contributed by atoms with Crippen molar-refractivity contribution in [3.05, 3.63) is 0 Å². The summed E-state index contributed by atoms with van der Waals surface area (Å²) in [4.78, 5) is 0. The van der Waals surface area contributed by atoms with Crippen LogP contribution in [0.2, 0.25) is 5.02 Å². The summed E-state index contributed by atoms with van der Waals surface area (Å²) < 4.78 is 5.22. The molecule has 0 aromatic carbocycles. The maximum atomic E-state index is 5.22. The van der Waals surface area contributed by atoms with Crippen molar-refractivity contribution < 1.29 is 23.0 Å². The van der Waals surface area contributed by atoms with Crippen molar-refractivity contribution >= 4 is 17.0 Å². The molecule has 0 radical (unpaired) electrons. The van der Waals surface area contributed by atoms with Gasteiger partial charge in [0.15, 0.2) is 0 Å². The van der Waals surface area contributed by atoms with Gasteiger partial charge >= 0.3 is 60.0 Å². The Bertz CT molecular complexity index is 64.1. The molecule has 0 unspecified atom stereocenters. The molecule has 9 heavy (non-hydrogen) atoms. The minimum atomic E-state index is 0. The second-order valence-corrected chi connectivity index (χ2v) is 3.56. The molecule has 0 N–H and O–H groups in total. The van der Waals surface area contributed by atoms with Gasteiger partial charge in [0.2, 0.25) is 0 Å². The third kappa shape index (κ3) is 3.69. The van der Waals surface area contributed by atoms with Crippen molar-refractivity contribution in [1.29, 1.82) is 0 Å². The van der Waals surface area contributed by atoms with Gasteiger partial charge in [-0.3, -0.25) is 0 Å². The fourth-order valence-corrected chi connectivity index (χ4v) is 2.25. The monoisotopic (exact) mass is 243 g/mol. The Kier molecular flexibility index (Phi) is 6.51. The number of rotatable bonds is 1. The molecule has 0 aliphatic carbocycles. The van der Waals surface area contributed by atoms with Crippen LogP contribution in [0, 0.1) is 5.92 Å². The normalized spacial score (nSPS) is 21.1. The molecule has 0 spiro atoms. The molecule has 1 fully saturated rings. The van der Waals surface area contributed by atoms with E-state index in [1.165, 1.54) is 36.2 Å². The Balaban J connectivity index is 0.000000640. The van der Waals surface area contributed by atoms with Crippen molar-refractivity contribution in [3.63, 3.8) is 0 Å². The van der Waals surface area contributed by atoms with E-state index < -0.39 is 0 Å². The van der Waals surface area contributed by atoms with Gasteiger partial charge in [-0.1, -0.05) is 0 Å². The zero-order valence-electron chi connectivity index (χ0n) is 5.64. The summed E-state index contributed by atoms with van der Waals surface area (Å²) in [6.07, 6.45) is 2.64. The molecule has 1 aliphatic heterocycles. The van der Waals surface area contributed by atoms with Crippen LogP contribution in [0.5, 0.6) is 0 Å². The van der Waals surface area contributed by atoms with E-state index in [0.717, 1.165) is 19.1 Å². The molecular formula is C6H12BrOZn. The number of hydrogen-bond donors (Lipinski definition) is 0. The van der Waals surface area contributed by atoms with E-state index in [0.29, 0.717) is 0 Å². The van der Waals surface area contributed by atoms with Crippen LogP contribution in [-0.4, -0.2) is 13.2 Å². The molecule has 1 saturated heterocycles. The van der Waals surface area contributed by atoms with E-state index in [2.05, 4.69) is 0 Å². The predicted octanol–water partition coefficient (Wildman–Crippen LogP) is 1.96. The van der Waals surface area contributed by atoms with Crippen LogP contribution in [0.4, 0.5) is 0 Å². The first-order valence-corrected chi connectivity index (χ1v) is 5.40. The Morgan fingerprint density at radius 3 is 2.22 bits per heavy atom. The molecule has 0 bridgehead atoms. The third-order valence-corrected chi connectivity index (χ3v) is 3.46. The standard InChI is InChI=1S/C6H11O.BrH.Zn/c1-6-2-4-7-5-3-6;;/h6H,1-5H2;1H;. The Morgan fingerprint density at radius 2 is 1.89 bits per heavy atom. The van der Waals surface area contributed by atoms with E-state index in [1.54, 1.807) is 0 Å². The first kappa shape index (κ1) is 10.1.